The second-order valence-corrected chi connectivity index (χ2v) is 8.52. The molecule has 0 spiro atoms. The summed E-state index contributed by atoms with van der Waals surface area (Å²) in [4.78, 5) is 53.8. The topological polar surface area (TPSA) is 98.2 Å². The number of carboxylic acids is 1. The first-order valence-corrected chi connectivity index (χ1v) is 9.77. The van der Waals surface area contributed by atoms with Crippen LogP contribution in [0.15, 0.2) is 22.9 Å². The van der Waals surface area contributed by atoms with Crippen LogP contribution in [0.3, 0.4) is 0 Å². The first-order chi connectivity index (χ1) is 13.2. The molecule has 0 aromatic heterocycles. The fraction of sp³-hybridized carbons (Fsp3) is 0.600. The van der Waals surface area contributed by atoms with Crippen LogP contribution in [0.5, 0.6) is 0 Å². The van der Waals surface area contributed by atoms with Crippen molar-refractivity contribution in [3.05, 3.63) is 22.9 Å². The minimum Gasteiger partial charge on any atom is -0.477 e. The van der Waals surface area contributed by atoms with E-state index in [9.17, 15) is 24.3 Å². The molecule has 150 valence electrons. The Hall–Kier alpha value is -2.64. The van der Waals surface area contributed by atoms with E-state index >= 15 is 0 Å². The van der Waals surface area contributed by atoms with E-state index in [1.165, 1.54) is 11.8 Å². The van der Waals surface area contributed by atoms with E-state index in [1.807, 2.05) is 13.8 Å². The maximum Gasteiger partial charge on any atom is 0.352 e. The van der Waals surface area contributed by atoms with Gasteiger partial charge < -0.3 is 14.9 Å². The number of nitrogens with zero attached hydrogens (tertiary/aromatic N) is 3. The lowest BCUT2D eigenvalue weighted by Gasteiger charge is -2.49. The maximum absolute atomic E-state index is 12.7. The number of carbonyl (C=O) groups excluding carboxylic acids is 3. The Bertz CT molecular complexity index is 843. The first kappa shape index (κ1) is 18.7. The van der Waals surface area contributed by atoms with Crippen molar-refractivity contribution in [2.75, 3.05) is 19.6 Å². The molecule has 3 saturated heterocycles. The lowest BCUT2D eigenvalue weighted by Crippen LogP contribution is -2.69. The number of likely N-dealkylation sites (tertiary alicyclic amines) is 2. The predicted molar refractivity (Wildman–Crippen MR) is 98.7 cm³/mol. The van der Waals surface area contributed by atoms with Crippen molar-refractivity contribution in [1.29, 1.82) is 0 Å². The highest BCUT2D eigenvalue weighted by Crippen LogP contribution is 2.47. The Labute approximate surface area is 163 Å². The number of carboxylic acid groups (broad SMARTS) is 1. The zero-order chi connectivity index (χ0) is 20.3. The van der Waals surface area contributed by atoms with E-state index in [0.29, 0.717) is 49.5 Å². The van der Waals surface area contributed by atoms with Gasteiger partial charge in [-0.05, 0) is 30.4 Å². The summed E-state index contributed by atoms with van der Waals surface area (Å²) >= 11 is 0. The molecule has 4 aliphatic heterocycles. The molecule has 4 rings (SSSR count). The van der Waals surface area contributed by atoms with E-state index in [-0.39, 0.29) is 35.4 Å². The Morgan fingerprint density at radius 2 is 2.00 bits per heavy atom. The Balaban J connectivity index is 1.66. The van der Waals surface area contributed by atoms with Gasteiger partial charge >= 0.3 is 5.97 Å². The molecule has 0 bridgehead atoms. The molecule has 3 fully saturated rings. The second kappa shape index (κ2) is 6.46. The molecule has 8 nitrogen and oxygen atoms in total. The molecule has 4 aliphatic rings. The quantitative estimate of drug-likeness (QED) is 0.563. The monoisotopic (exact) mass is 387 g/mol. The van der Waals surface area contributed by atoms with Gasteiger partial charge in [0.15, 0.2) is 0 Å². The van der Waals surface area contributed by atoms with Crippen LogP contribution >= 0.6 is 0 Å². The van der Waals surface area contributed by atoms with Crippen LogP contribution in [0.1, 0.15) is 33.6 Å². The van der Waals surface area contributed by atoms with Gasteiger partial charge in [-0.25, -0.2) is 4.79 Å². The second-order valence-electron chi connectivity index (χ2n) is 8.52. The number of hydrogen-bond acceptors (Lipinski definition) is 4. The highest BCUT2D eigenvalue weighted by molar-refractivity contribution is 6.03. The van der Waals surface area contributed by atoms with Gasteiger partial charge in [0.1, 0.15) is 11.7 Å². The van der Waals surface area contributed by atoms with Gasteiger partial charge in [0, 0.05) is 38.0 Å². The van der Waals surface area contributed by atoms with Crippen LogP contribution in [0.2, 0.25) is 0 Å². The molecule has 0 aliphatic carbocycles. The van der Waals surface area contributed by atoms with E-state index < -0.39 is 12.0 Å². The summed E-state index contributed by atoms with van der Waals surface area (Å²) < 4.78 is 0. The summed E-state index contributed by atoms with van der Waals surface area (Å²) in [6.45, 7) is 7.28. The average Bonchev–Trinajstić information content (AvgIpc) is 3.13. The highest BCUT2D eigenvalue weighted by atomic mass is 16.4. The molecule has 28 heavy (non-hydrogen) atoms. The van der Waals surface area contributed by atoms with Gasteiger partial charge in [0.2, 0.25) is 11.8 Å². The zero-order valence-corrected chi connectivity index (χ0v) is 16.3. The molecule has 3 amide bonds. The van der Waals surface area contributed by atoms with Crippen molar-refractivity contribution in [3.63, 3.8) is 0 Å². The minimum atomic E-state index is -1.16. The van der Waals surface area contributed by atoms with Gasteiger partial charge in [-0.3, -0.25) is 19.3 Å². The maximum atomic E-state index is 12.7. The van der Waals surface area contributed by atoms with Gasteiger partial charge in [-0.15, -0.1) is 0 Å². The van der Waals surface area contributed by atoms with Crippen molar-refractivity contribution in [2.24, 2.45) is 11.8 Å². The van der Waals surface area contributed by atoms with Crippen LogP contribution in [-0.4, -0.2) is 75.2 Å². The molecule has 8 heteroatoms. The summed E-state index contributed by atoms with van der Waals surface area (Å²) in [6.07, 6.45) is 2.71. The average molecular weight is 387 g/mol. The molecule has 1 N–H and O–H groups in total. The minimum absolute atomic E-state index is 0.00446. The first-order valence-electron chi connectivity index (χ1n) is 9.77. The van der Waals surface area contributed by atoms with E-state index in [0.717, 1.165) is 0 Å². The number of amides is 3. The summed E-state index contributed by atoms with van der Waals surface area (Å²) in [7, 11) is 0. The molecular weight excluding hydrogens is 362 g/mol. The van der Waals surface area contributed by atoms with Gasteiger partial charge in [0.05, 0.1) is 6.04 Å². The van der Waals surface area contributed by atoms with Crippen molar-refractivity contribution in [3.8, 4) is 0 Å². The third kappa shape index (κ3) is 2.65. The normalized spacial score (nSPS) is 30.5. The molecule has 0 aromatic rings. The predicted octanol–water partition coefficient (Wildman–Crippen LogP) is 0.601. The number of allylic oxidation sites excluding steroid dienone is 2. The summed E-state index contributed by atoms with van der Waals surface area (Å²) in [5, 5.41) is 9.77. The molecule has 0 radical (unpaired) electrons. The number of rotatable bonds is 4. The lowest BCUT2D eigenvalue weighted by molar-refractivity contribution is -0.159. The van der Waals surface area contributed by atoms with Gasteiger partial charge in [0.25, 0.3) is 5.91 Å². The molecule has 4 heterocycles. The smallest absolute Gasteiger partial charge is 0.352 e. The Morgan fingerprint density at radius 1 is 1.29 bits per heavy atom. The third-order valence-electron chi connectivity index (χ3n) is 6.14. The standard InChI is InChI=1S/C20H25N3O5/c1-10(2)8-21-5-4-12(18(21)25)6-13-7-14-9-22(11(3)24)17-15(14)23(19(17)26)16(13)20(27)28/h6,10,14-15,17H,4-5,7-9H2,1-3H3,(H,27,28)/b12-6+/t14?,15-,17?/m1/s1. The van der Waals surface area contributed by atoms with Crippen LogP contribution < -0.4 is 0 Å². The molecule has 2 unspecified atom stereocenters. The van der Waals surface area contributed by atoms with Crippen LogP contribution in [0.4, 0.5) is 0 Å². The van der Waals surface area contributed by atoms with E-state index in [4.69, 9.17) is 0 Å². The molecule has 0 aromatic carbocycles. The highest BCUT2D eigenvalue weighted by Gasteiger charge is 2.63. The van der Waals surface area contributed by atoms with E-state index in [2.05, 4.69) is 0 Å². The SMILES string of the molecule is CC(=O)N1CC2CC(/C=C3\CCN(CC(C)C)C3=O)=C(C(=O)O)N3C(=O)C1[C@@H]23. The van der Waals surface area contributed by atoms with Crippen molar-refractivity contribution >= 4 is 23.7 Å². The van der Waals surface area contributed by atoms with Crippen molar-refractivity contribution in [1.82, 2.24) is 14.7 Å². The third-order valence-corrected chi connectivity index (χ3v) is 6.14. The number of β-lactam (4-membered cyclic amide) rings is 1. The fourth-order valence-corrected chi connectivity index (χ4v) is 5.05. The van der Waals surface area contributed by atoms with E-state index in [1.54, 1.807) is 15.9 Å². The summed E-state index contributed by atoms with van der Waals surface area (Å²) in [6, 6.07) is -0.804. The fourth-order valence-electron chi connectivity index (χ4n) is 5.05. The lowest BCUT2D eigenvalue weighted by atomic mass is 9.79. The van der Waals surface area contributed by atoms with Crippen LogP contribution in [0, 0.1) is 11.8 Å². The number of aliphatic carboxylic acids is 1. The zero-order valence-electron chi connectivity index (χ0n) is 16.3. The van der Waals surface area contributed by atoms with Gasteiger partial charge in [-0.2, -0.15) is 0 Å². The molecule has 3 atom stereocenters. The molecular formula is C20H25N3O5. The van der Waals surface area contributed by atoms with Crippen molar-refractivity contribution in [2.45, 2.75) is 45.7 Å². The largest absolute Gasteiger partial charge is 0.477 e. The van der Waals surface area contributed by atoms with Crippen LogP contribution in [0.25, 0.3) is 0 Å². The number of carbonyl (C=O) groups is 4. The Morgan fingerprint density at radius 3 is 2.61 bits per heavy atom. The molecule has 0 saturated carbocycles. The summed E-state index contributed by atoms with van der Waals surface area (Å²) in [5.41, 5.74) is 1.08. The Kier molecular flexibility index (Phi) is 4.32. The van der Waals surface area contributed by atoms with Crippen LogP contribution in [-0.2, 0) is 19.2 Å². The van der Waals surface area contributed by atoms with Crippen molar-refractivity contribution < 1.29 is 24.3 Å². The summed E-state index contributed by atoms with van der Waals surface area (Å²) in [5.74, 6) is -1.36. The number of hydrogen-bond donors (Lipinski definition) is 1. The van der Waals surface area contributed by atoms with Gasteiger partial charge in [-0.1, -0.05) is 13.8 Å².